The summed E-state index contributed by atoms with van der Waals surface area (Å²) in [6.45, 7) is 9.31. The first-order chi connectivity index (χ1) is 7.81. The van der Waals surface area contributed by atoms with E-state index in [4.69, 9.17) is 15.5 Å². The molecule has 1 aromatic heterocycles. The lowest BCUT2D eigenvalue weighted by Crippen LogP contribution is -2.35. The molecule has 2 aliphatic rings. The highest BCUT2D eigenvalue weighted by atomic mass is 16.5. The quantitative estimate of drug-likeness (QED) is 0.744. The molecule has 1 atom stereocenters. The van der Waals surface area contributed by atoms with Crippen LogP contribution in [-0.2, 0) is 28.9 Å². The molecule has 0 saturated heterocycles. The van der Waals surface area contributed by atoms with E-state index in [1.165, 1.54) is 11.5 Å². The zero-order valence-corrected chi connectivity index (χ0v) is 11.1. The lowest BCUT2D eigenvalue weighted by molar-refractivity contribution is -0.109. The highest BCUT2D eigenvalue weighted by molar-refractivity contribution is 5.33. The number of imidazole rings is 1. The highest BCUT2D eigenvalue weighted by Gasteiger charge is 2.48. The van der Waals surface area contributed by atoms with E-state index in [0.717, 1.165) is 25.1 Å². The number of nitrogens with zero attached hydrogens (tertiary/aromatic N) is 2. The normalized spacial score (nSPS) is 28.9. The van der Waals surface area contributed by atoms with Crippen LogP contribution in [0, 0.1) is 0 Å². The number of ether oxygens (including phenoxy) is 1. The molecule has 0 aromatic carbocycles. The van der Waals surface area contributed by atoms with Crippen LogP contribution in [0.3, 0.4) is 0 Å². The molecule has 0 amide bonds. The Hall–Kier alpha value is -0.870. The molecule has 1 unspecified atom stereocenters. The fraction of sp³-hybridized carbons (Fsp3) is 0.769. The van der Waals surface area contributed by atoms with Gasteiger partial charge in [0, 0.05) is 19.0 Å². The van der Waals surface area contributed by atoms with Crippen LogP contribution in [0.5, 0.6) is 0 Å². The second-order valence-electron chi connectivity index (χ2n) is 6.26. The van der Waals surface area contributed by atoms with Crippen molar-refractivity contribution in [3.63, 3.8) is 0 Å². The average Bonchev–Trinajstić information content (AvgIpc) is 2.62. The summed E-state index contributed by atoms with van der Waals surface area (Å²) in [6, 6.07) is 0.250. The predicted molar refractivity (Wildman–Crippen MR) is 65.7 cm³/mol. The van der Waals surface area contributed by atoms with E-state index in [2.05, 4.69) is 32.3 Å². The fourth-order valence-corrected chi connectivity index (χ4v) is 3.29. The zero-order valence-electron chi connectivity index (χ0n) is 11.1. The van der Waals surface area contributed by atoms with Gasteiger partial charge in [0.15, 0.2) is 0 Å². The maximum atomic E-state index is 6.12. The summed E-state index contributed by atoms with van der Waals surface area (Å²) < 4.78 is 8.41. The van der Waals surface area contributed by atoms with Gasteiger partial charge < -0.3 is 15.0 Å². The second-order valence-corrected chi connectivity index (χ2v) is 6.26. The maximum absolute atomic E-state index is 6.12. The molecule has 0 saturated carbocycles. The van der Waals surface area contributed by atoms with Crippen LogP contribution in [-0.4, -0.2) is 15.6 Å². The van der Waals surface area contributed by atoms with Crippen LogP contribution in [0.1, 0.15) is 51.3 Å². The highest BCUT2D eigenvalue weighted by Crippen LogP contribution is 2.47. The molecule has 4 nitrogen and oxygen atoms in total. The number of nitrogens with two attached hydrogens (primary N) is 1. The van der Waals surface area contributed by atoms with Crippen molar-refractivity contribution in [2.24, 2.45) is 5.73 Å². The Kier molecular flexibility index (Phi) is 2.06. The lowest BCUT2D eigenvalue weighted by atomic mass is 10.0. The van der Waals surface area contributed by atoms with E-state index < -0.39 is 0 Å². The molecule has 94 valence electrons. The Morgan fingerprint density at radius 3 is 2.71 bits per heavy atom. The molecular weight excluding hydrogens is 214 g/mol. The molecule has 2 N–H and O–H groups in total. The topological polar surface area (TPSA) is 53.1 Å². The van der Waals surface area contributed by atoms with Gasteiger partial charge in [-0.2, -0.15) is 0 Å². The molecule has 3 heterocycles. The Morgan fingerprint density at radius 2 is 2.00 bits per heavy atom. The van der Waals surface area contributed by atoms with Gasteiger partial charge in [0.1, 0.15) is 17.0 Å². The van der Waals surface area contributed by atoms with Crippen molar-refractivity contribution in [1.29, 1.82) is 0 Å². The van der Waals surface area contributed by atoms with E-state index in [9.17, 15) is 0 Å². The van der Waals surface area contributed by atoms with Gasteiger partial charge in [0.25, 0.3) is 0 Å². The predicted octanol–water partition coefficient (Wildman–Crippen LogP) is 1.66. The third-order valence-electron chi connectivity index (χ3n) is 3.85. The van der Waals surface area contributed by atoms with Crippen LogP contribution < -0.4 is 5.73 Å². The minimum absolute atomic E-state index is 0.250. The number of aryl methyl sites for hydroxylation is 1. The van der Waals surface area contributed by atoms with Crippen molar-refractivity contribution in [2.45, 2.75) is 64.3 Å². The maximum Gasteiger partial charge on any atom is 0.109 e. The SMILES string of the molecule is CC1(C)OC(C)(C)c2c1nc1n2CC(N)CC1. The third kappa shape index (κ3) is 1.47. The van der Waals surface area contributed by atoms with Gasteiger partial charge >= 0.3 is 0 Å². The van der Waals surface area contributed by atoms with Crippen molar-refractivity contribution >= 4 is 0 Å². The molecule has 0 bridgehead atoms. The van der Waals surface area contributed by atoms with Crippen LogP contribution >= 0.6 is 0 Å². The number of hydrogen-bond acceptors (Lipinski definition) is 3. The van der Waals surface area contributed by atoms with Crippen molar-refractivity contribution in [2.75, 3.05) is 0 Å². The number of rotatable bonds is 0. The Bertz CT molecular complexity index is 473. The first kappa shape index (κ1) is 11.2. The summed E-state index contributed by atoms with van der Waals surface area (Å²) in [5, 5.41) is 0. The van der Waals surface area contributed by atoms with E-state index in [1.807, 2.05) is 0 Å². The largest absolute Gasteiger partial charge is 0.357 e. The molecule has 0 aliphatic carbocycles. The molecule has 4 heteroatoms. The molecule has 17 heavy (non-hydrogen) atoms. The van der Waals surface area contributed by atoms with Gasteiger partial charge in [-0.25, -0.2) is 4.98 Å². The van der Waals surface area contributed by atoms with Crippen LogP contribution in [0.15, 0.2) is 0 Å². The molecule has 0 radical (unpaired) electrons. The molecule has 0 fully saturated rings. The van der Waals surface area contributed by atoms with Crippen molar-refractivity contribution in [3.8, 4) is 0 Å². The molecular formula is C13H21N3O. The Balaban J connectivity index is 2.20. The minimum atomic E-state index is -0.284. The van der Waals surface area contributed by atoms with Crippen molar-refractivity contribution in [3.05, 3.63) is 17.2 Å². The van der Waals surface area contributed by atoms with E-state index in [1.54, 1.807) is 0 Å². The molecule has 2 aliphatic heterocycles. The first-order valence-corrected chi connectivity index (χ1v) is 6.37. The van der Waals surface area contributed by atoms with Gasteiger partial charge in [-0.1, -0.05) is 0 Å². The summed E-state index contributed by atoms with van der Waals surface area (Å²) in [4.78, 5) is 4.80. The smallest absolute Gasteiger partial charge is 0.109 e. The number of hydrogen-bond donors (Lipinski definition) is 1. The van der Waals surface area contributed by atoms with E-state index >= 15 is 0 Å². The summed E-state index contributed by atoms with van der Waals surface area (Å²) in [5.74, 6) is 1.18. The molecule has 1 aromatic rings. The third-order valence-corrected chi connectivity index (χ3v) is 3.85. The van der Waals surface area contributed by atoms with E-state index in [0.29, 0.717) is 0 Å². The van der Waals surface area contributed by atoms with Gasteiger partial charge in [0.05, 0.1) is 11.4 Å². The van der Waals surface area contributed by atoms with Crippen molar-refractivity contribution in [1.82, 2.24) is 9.55 Å². The van der Waals surface area contributed by atoms with Gasteiger partial charge in [-0.3, -0.25) is 0 Å². The zero-order chi connectivity index (χ0) is 12.4. The van der Waals surface area contributed by atoms with E-state index in [-0.39, 0.29) is 17.2 Å². The monoisotopic (exact) mass is 235 g/mol. The summed E-state index contributed by atoms with van der Waals surface area (Å²) in [7, 11) is 0. The second kappa shape index (κ2) is 3.12. The standard InChI is InChI=1S/C13H21N3O/c1-12(2)10-11(13(3,4)17-12)16-7-8(14)5-6-9(16)15-10/h8H,5-7,14H2,1-4H3. The van der Waals surface area contributed by atoms with Crippen LogP contribution in [0.25, 0.3) is 0 Å². The molecule has 0 spiro atoms. The van der Waals surface area contributed by atoms with Gasteiger partial charge in [-0.15, -0.1) is 0 Å². The minimum Gasteiger partial charge on any atom is -0.357 e. The lowest BCUT2D eigenvalue weighted by Gasteiger charge is -2.29. The summed E-state index contributed by atoms with van der Waals surface area (Å²) >= 11 is 0. The van der Waals surface area contributed by atoms with Crippen LogP contribution in [0.4, 0.5) is 0 Å². The Labute approximate surface area is 102 Å². The molecule has 3 rings (SSSR count). The summed E-state index contributed by atoms with van der Waals surface area (Å²) in [6.07, 6.45) is 2.03. The van der Waals surface area contributed by atoms with Gasteiger partial charge in [0.2, 0.25) is 0 Å². The Morgan fingerprint density at radius 1 is 1.29 bits per heavy atom. The van der Waals surface area contributed by atoms with Gasteiger partial charge in [-0.05, 0) is 34.1 Å². The average molecular weight is 235 g/mol. The van der Waals surface area contributed by atoms with Crippen molar-refractivity contribution < 1.29 is 4.74 Å². The number of aromatic nitrogens is 2. The summed E-state index contributed by atoms with van der Waals surface area (Å²) in [5.41, 5.74) is 7.86. The fourth-order valence-electron chi connectivity index (χ4n) is 3.29. The number of fused-ring (bicyclic) bond motifs is 3. The van der Waals surface area contributed by atoms with Crippen LogP contribution in [0.2, 0.25) is 0 Å². The first-order valence-electron chi connectivity index (χ1n) is 6.37.